The van der Waals surface area contributed by atoms with Crippen LogP contribution in [0.4, 0.5) is 14.5 Å². The Kier molecular flexibility index (Phi) is 3.78. The Morgan fingerprint density at radius 3 is 2.65 bits per heavy atom. The fourth-order valence-electron chi connectivity index (χ4n) is 2.10. The summed E-state index contributed by atoms with van der Waals surface area (Å²) >= 11 is 0. The Bertz CT molecular complexity index is 614. The summed E-state index contributed by atoms with van der Waals surface area (Å²) in [6.45, 7) is 2.59. The lowest BCUT2D eigenvalue weighted by Crippen LogP contribution is -2.36. The standard InChI is InChI=1S/C13H12F2N2O3/c1-8-3-2-4-16(7-8)13(18)9-5-11(15)12(17(19)20)6-10(9)14/h3,5-6H,2,4,7H2,1H3. The van der Waals surface area contributed by atoms with Crippen LogP contribution in [0.15, 0.2) is 23.8 Å². The van der Waals surface area contributed by atoms with Gasteiger partial charge in [-0.3, -0.25) is 14.9 Å². The van der Waals surface area contributed by atoms with Crippen molar-refractivity contribution in [3.63, 3.8) is 0 Å². The molecular formula is C13H12F2N2O3. The SMILES string of the molecule is CC1=CCCN(C(=O)c2cc(F)c([N+](=O)[O-])cc2F)C1. The third-order valence-corrected chi connectivity index (χ3v) is 3.08. The molecule has 1 heterocycles. The maximum absolute atomic E-state index is 13.8. The second-order valence-electron chi connectivity index (χ2n) is 4.61. The molecule has 0 saturated carbocycles. The van der Waals surface area contributed by atoms with Gasteiger partial charge in [0.2, 0.25) is 5.82 Å². The Balaban J connectivity index is 2.33. The number of benzene rings is 1. The van der Waals surface area contributed by atoms with Crippen LogP contribution in [0.5, 0.6) is 0 Å². The molecule has 0 radical (unpaired) electrons. The summed E-state index contributed by atoms with van der Waals surface area (Å²) in [4.78, 5) is 23.0. The van der Waals surface area contributed by atoms with E-state index in [4.69, 9.17) is 0 Å². The van der Waals surface area contributed by atoms with Crippen molar-refractivity contribution in [2.24, 2.45) is 0 Å². The largest absolute Gasteiger partial charge is 0.334 e. The van der Waals surface area contributed by atoms with E-state index in [-0.39, 0.29) is 0 Å². The summed E-state index contributed by atoms with van der Waals surface area (Å²) < 4.78 is 27.3. The van der Waals surface area contributed by atoms with Crippen LogP contribution < -0.4 is 0 Å². The zero-order valence-corrected chi connectivity index (χ0v) is 10.7. The number of hydrogen-bond acceptors (Lipinski definition) is 3. The minimum atomic E-state index is -1.22. The Labute approximate surface area is 113 Å². The Morgan fingerprint density at radius 1 is 1.35 bits per heavy atom. The number of amides is 1. The first-order valence-corrected chi connectivity index (χ1v) is 5.98. The summed E-state index contributed by atoms with van der Waals surface area (Å²) in [5, 5.41) is 10.5. The van der Waals surface area contributed by atoms with E-state index in [1.165, 1.54) is 4.90 Å². The van der Waals surface area contributed by atoms with Gasteiger partial charge in [-0.1, -0.05) is 11.6 Å². The van der Waals surface area contributed by atoms with Crippen molar-refractivity contribution >= 4 is 11.6 Å². The number of nitro groups is 1. The van der Waals surface area contributed by atoms with Gasteiger partial charge in [-0.2, -0.15) is 4.39 Å². The van der Waals surface area contributed by atoms with Crippen molar-refractivity contribution in [3.05, 3.63) is 51.1 Å². The number of halogens is 2. The van der Waals surface area contributed by atoms with E-state index in [0.717, 1.165) is 5.57 Å². The lowest BCUT2D eigenvalue weighted by atomic mass is 10.1. The molecule has 7 heteroatoms. The first-order chi connectivity index (χ1) is 9.40. The lowest BCUT2D eigenvalue weighted by molar-refractivity contribution is -0.387. The molecule has 0 fully saturated rings. The minimum absolute atomic E-state index is 0.344. The lowest BCUT2D eigenvalue weighted by Gasteiger charge is -2.26. The van der Waals surface area contributed by atoms with Crippen molar-refractivity contribution in [1.29, 1.82) is 0 Å². The van der Waals surface area contributed by atoms with Gasteiger partial charge in [0, 0.05) is 13.1 Å². The van der Waals surface area contributed by atoms with Gasteiger partial charge in [0.05, 0.1) is 16.6 Å². The van der Waals surface area contributed by atoms with Crippen LogP contribution in [0.2, 0.25) is 0 Å². The van der Waals surface area contributed by atoms with Gasteiger partial charge in [-0.25, -0.2) is 4.39 Å². The van der Waals surface area contributed by atoms with Crippen LogP contribution in [0.1, 0.15) is 23.7 Å². The fourth-order valence-corrected chi connectivity index (χ4v) is 2.10. The fraction of sp³-hybridized carbons (Fsp3) is 0.308. The normalized spacial score (nSPS) is 14.9. The van der Waals surface area contributed by atoms with Crippen LogP contribution in [0, 0.1) is 21.7 Å². The minimum Gasteiger partial charge on any atom is -0.334 e. The highest BCUT2D eigenvalue weighted by atomic mass is 19.1. The number of nitrogens with zero attached hydrogens (tertiary/aromatic N) is 2. The van der Waals surface area contributed by atoms with Crippen LogP contribution in [0.25, 0.3) is 0 Å². The van der Waals surface area contributed by atoms with E-state index in [9.17, 15) is 23.7 Å². The highest BCUT2D eigenvalue weighted by Crippen LogP contribution is 2.23. The highest BCUT2D eigenvalue weighted by Gasteiger charge is 2.25. The van der Waals surface area contributed by atoms with E-state index < -0.39 is 33.7 Å². The Hall–Kier alpha value is -2.31. The predicted octanol–water partition coefficient (Wildman–Crippen LogP) is 2.67. The van der Waals surface area contributed by atoms with Crippen LogP contribution in [0.3, 0.4) is 0 Å². The summed E-state index contributed by atoms with van der Waals surface area (Å²) in [5.41, 5.74) is -0.496. The zero-order valence-electron chi connectivity index (χ0n) is 10.7. The highest BCUT2D eigenvalue weighted by molar-refractivity contribution is 5.95. The quantitative estimate of drug-likeness (QED) is 0.476. The second kappa shape index (κ2) is 5.36. The summed E-state index contributed by atoms with van der Waals surface area (Å²) in [6, 6.07) is 1.03. The molecule has 0 saturated heterocycles. The number of hydrogen-bond donors (Lipinski definition) is 0. The molecule has 0 N–H and O–H groups in total. The molecule has 0 unspecified atom stereocenters. The van der Waals surface area contributed by atoms with Crippen molar-refractivity contribution < 1.29 is 18.5 Å². The molecule has 0 spiro atoms. The molecule has 1 amide bonds. The molecule has 1 aromatic carbocycles. The molecule has 5 nitrogen and oxygen atoms in total. The van der Waals surface area contributed by atoms with Gasteiger partial charge in [0.15, 0.2) is 0 Å². The van der Waals surface area contributed by atoms with Crippen LogP contribution >= 0.6 is 0 Å². The van der Waals surface area contributed by atoms with Gasteiger partial charge in [0.25, 0.3) is 5.91 Å². The summed E-state index contributed by atoms with van der Waals surface area (Å²) in [6.07, 6.45) is 2.62. The van der Waals surface area contributed by atoms with Crippen molar-refractivity contribution in [1.82, 2.24) is 4.90 Å². The van der Waals surface area contributed by atoms with Gasteiger partial charge in [-0.15, -0.1) is 0 Å². The van der Waals surface area contributed by atoms with E-state index in [1.807, 2.05) is 13.0 Å². The average Bonchev–Trinajstić information content (AvgIpc) is 2.40. The topological polar surface area (TPSA) is 63.5 Å². The monoisotopic (exact) mass is 282 g/mol. The van der Waals surface area contributed by atoms with Gasteiger partial charge in [-0.05, 0) is 19.4 Å². The number of carbonyl (C=O) groups is 1. The zero-order chi connectivity index (χ0) is 14.9. The molecule has 106 valence electrons. The predicted molar refractivity (Wildman–Crippen MR) is 67.3 cm³/mol. The van der Waals surface area contributed by atoms with Crippen LogP contribution in [-0.4, -0.2) is 28.8 Å². The smallest absolute Gasteiger partial charge is 0.307 e. The molecule has 1 aromatic rings. The van der Waals surface area contributed by atoms with E-state index in [0.29, 0.717) is 31.6 Å². The molecule has 0 aliphatic carbocycles. The van der Waals surface area contributed by atoms with Gasteiger partial charge < -0.3 is 4.90 Å². The first-order valence-electron chi connectivity index (χ1n) is 5.98. The molecule has 1 aliphatic heterocycles. The Morgan fingerprint density at radius 2 is 2.05 bits per heavy atom. The van der Waals surface area contributed by atoms with E-state index >= 15 is 0 Å². The molecular weight excluding hydrogens is 270 g/mol. The molecule has 20 heavy (non-hydrogen) atoms. The molecule has 0 aromatic heterocycles. The molecule has 1 aliphatic rings. The average molecular weight is 282 g/mol. The van der Waals surface area contributed by atoms with E-state index in [2.05, 4.69) is 0 Å². The van der Waals surface area contributed by atoms with Gasteiger partial charge in [0.1, 0.15) is 5.82 Å². The van der Waals surface area contributed by atoms with Crippen molar-refractivity contribution in [2.75, 3.05) is 13.1 Å². The number of rotatable bonds is 2. The van der Waals surface area contributed by atoms with Crippen molar-refractivity contribution in [2.45, 2.75) is 13.3 Å². The molecule has 2 rings (SSSR count). The maximum Gasteiger partial charge on any atom is 0.307 e. The summed E-state index contributed by atoms with van der Waals surface area (Å²) in [7, 11) is 0. The van der Waals surface area contributed by atoms with Crippen LogP contribution in [-0.2, 0) is 0 Å². The van der Waals surface area contributed by atoms with Crippen molar-refractivity contribution in [3.8, 4) is 0 Å². The number of nitro benzene ring substituents is 1. The molecule has 0 atom stereocenters. The molecule has 0 bridgehead atoms. The second-order valence-corrected chi connectivity index (χ2v) is 4.61. The summed E-state index contributed by atoms with van der Waals surface area (Å²) in [5.74, 6) is -2.97. The third-order valence-electron chi connectivity index (χ3n) is 3.08. The van der Waals surface area contributed by atoms with Gasteiger partial charge >= 0.3 is 5.69 Å². The number of carbonyl (C=O) groups excluding carboxylic acids is 1. The van der Waals surface area contributed by atoms with E-state index in [1.54, 1.807) is 0 Å². The maximum atomic E-state index is 13.8. The first kappa shape index (κ1) is 14.1. The third kappa shape index (κ3) is 2.66.